The number of rotatable bonds is 11. The molecule has 0 bridgehead atoms. The van der Waals surface area contributed by atoms with E-state index in [4.69, 9.17) is 12.0 Å². The van der Waals surface area contributed by atoms with Gasteiger partial charge in [0.05, 0.1) is 5.04 Å². The summed E-state index contributed by atoms with van der Waals surface area (Å²) in [4.78, 5) is 9.76. The molecule has 0 spiro atoms. The maximum Gasteiger partial charge on any atom is 0.0689 e. The van der Waals surface area contributed by atoms with E-state index >= 15 is 0 Å². The number of allylic oxidation sites excluding steroid dienone is 8. The van der Waals surface area contributed by atoms with Gasteiger partial charge in [-0.3, -0.25) is 5.41 Å². The Morgan fingerprint density at radius 3 is 2.17 bits per heavy atom. The molecule has 0 saturated heterocycles. The van der Waals surface area contributed by atoms with Crippen molar-refractivity contribution in [1.29, 1.82) is 5.41 Å². The van der Waals surface area contributed by atoms with Crippen LogP contribution in [0.4, 0.5) is 0 Å². The second-order valence-electron chi connectivity index (χ2n) is 14.1. The Balaban J connectivity index is 1.87. The molecule has 1 aromatic carbocycles. The van der Waals surface area contributed by atoms with Gasteiger partial charge in [0.25, 0.3) is 0 Å². The van der Waals surface area contributed by atoms with Crippen molar-refractivity contribution in [2.24, 2.45) is 0 Å². The molecule has 2 atom stereocenters. The number of thioether (sulfide) groups is 4. The molecule has 2 unspecified atom stereocenters. The van der Waals surface area contributed by atoms with Crippen molar-refractivity contribution < 1.29 is 0 Å². The molecule has 0 amide bonds. The Kier molecular flexibility index (Phi) is 14.9. The topological polar surface area (TPSA) is 23.9 Å². The normalized spacial score (nSPS) is 18.5. The van der Waals surface area contributed by atoms with E-state index in [1.54, 1.807) is 27.1 Å². The lowest BCUT2D eigenvalue weighted by atomic mass is 9.87. The third-order valence-electron chi connectivity index (χ3n) is 10.1. The van der Waals surface area contributed by atoms with Gasteiger partial charge < -0.3 is 0 Å². The van der Waals surface area contributed by atoms with Gasteiger partial charge >= 0.3 is 0 Å². The highest BCUT2D eigenvalue weighted by Gasteiger charge is 2.31. The number of hydrogen-bond acceptors (Lipinski definition) is 5. The van der Waals surface area contributed by atoms with Crippen molar-refractivity contribution in [1.82, 2.24) is 0 Å². The minimum Gasteiger partial charge on any atom is -0.298 e. The van der Waals surface area contributed by atoms with E-state index in [1.807, 2.05) is 35.3 Å². The number of nitrogens with one attached hydrogen (secondary N) is 1. The maximum atomic E-state index is 9.02. The summed E-state index contributed by atoms with van der Waals surface area (Å²) in [7, 11) is 0. The van der Waals surface area contributed by atoms with E-state index in [-0.39, 0.29) is 11.8 Å². The molecule has 0 fully saturated rings. The van der Waals surface area contributed by atoms with Crippen LogP contribution in [-0.2, 0) is 0 Å². The lowest BCUT2D eigenvalue weighted by Gasteiger charge is -2.31. The van der Waals surface area contributed by atoms with Crippen LogP contribution < -0.4 is 0 Å². The second-order valence-corrected chi connectivity index (χ2v) is 18.8. The Morgan fingerprint density at radius 2 is 1.47 bits per heavy atom. The van der Waals surface area contributed by atoms with E-state index in [9.17, 15) is 0 Å². The molecule has 0 aromatic heterocycles. The summed E-state index contributed by atoms with van der Waals surface area (Å²) in [6.45, 7) is 25.5. The zero-order chi connectivity index (χ0) is 34.2. The van der Waals surface area contributed by atoms with Crippen LogP contribution in [0.25, 0.3) is 0 Å². The van der Waals surface area contributed by atoms with Crippen LogP contribution in [0.15, 0.2) is 69.4 Å². The van der Waals surface area contributed by atoms with Crippen LogP contribution in [0.5, 0.6) is 0 Å². The molecule has 1 aromatic rings. The minimum atomic E-state index is 0.180. The summed E-state index contributed by atoms with van der Waals surface area (Å²) < 4.78 is 0. The van der Waals surface area contributed by atoms with E-state index in [0.29, 0.717) is 0 Å². The first-order valence-electron chi connectivity index (χ1n) is 18.1. The van der Waals surface area contributed by atoms with Gasteiger partial charge in [0, 0.05) is 26.5 Å². The molecule has 1 aliphatic heterocycles. The van der Waals surface area contributed by atoms with Gasteiger partial charge in [-0.2, -0.15) is 0 Å². The fourth-order valence-corrected chi connectivity index (χ4v) is 11.7. The molecule has 1 heterocycles. The third kappa shape index (κ3) is 9.72. The SMILES string of the molecule is C=C(SC1=C(C)CCCCCC1)C(C)c1c(C)c(SC(C)=C(C)C)c(C(C)C2=C=CC3=C(CCCCC3)S2)c(C)c1SC(=N)CCC. The average Bonchev–Trinajstić information content (AvgIpc) is 3.28. The molecule has 1 nitrogen and oxygen atoms in total. The summed E-state index contributed by atoms with van der Waals surface area (Å²) >= 11 is 7.63. The standard InChI is InChI=1S/C42H59NS4/c1-11-19-38(43)47-42-31(8)40(29(6)36-25-24-34-21-16-14-18-23-37(34)46-36)41(45-32(9)26(2)3)30(7)39(42)28(5)33(10)44-35-22-17-13-12-15-20-27(35)4/h24,28-29,43H,10-23H2,1-9H3. The largest absolute Gasteiger partial charge is 0.298 e. The van der Waals surface area contributed by atoms with Gasteiger partial charge in [-0.25, -0.2) is 0 Å². The number of benzene rings is 1. The van der Waals surface area contributed by atoms with Crippen LogP contribution in [0.1, 0.15) is 166 Å². The zero-order valence-electron chi connectivity index (χ0n) is 30.8. The highest BCUT2D eigenvalue weighted by molar-refractivity contribution is 8.14. The predicted molar refractivity (Wildman–Crippen MR) is 218 cm³/mol. The lowest BCUT2D eigenvalue weighted by molar-refractivity contribution is 0.622. The summed E-state index contributed by atoms with van der Waals surface area (Å²) in [6, 6.07) is 0. The Bertz CT molecular complexity index is 1520. The first kappa shape index (κ1) is 38.6. The molecule has 2 aliphatic carbocycles. The maximum absolute atomic E-state index is 9.02. The van der Waals surface area contributed by atoms with Gasteiger partial charge in [0.2, 0.25) is 0 Å². The van der Waals surface area contributed by atoms with Crippen molar-refractivity contribution in [3.05, 3.63) is 81.9 Å². The average molecular weight is 706 g/mol. The third-order valence-corrected chi connectivity index (χ3v) is 15.6. The molecule has 5 heteroatoms. The molecular weight excluding hydrogens is 647 g/mol. The van der Waals surface area contributed by atoms with Crippen molar-refractivity contribution >= 4 is 52.1 Å². The van der Waals surface area contributed by atoms with E-state index in [2.05, 4.69) is 74.1 Å². The lowest BCUT2D eigenvalue weighted by Crippen LogP contribution is -2.12. The highest BCUT2D eigenvalue weighted by Crippen LogP contribution is 2.53. The van der Waals surface area contributed by atoms with Crippen molar-refractivity contribution in [3.8, 4) is 0 Å². The van der Waals surface area contributed by atoms with Crippen molar-refractivity contribution in [3.63, 3.8) is 0 Å². The van der Waals surface area contributed by atoms with Gasteiger partial charge in [0.1, 0.15) is 0 Å². The monoisotopic (exact) mass is 705 g/mol. The second kappa shape index (κ2) is 18.1. The molecular formula is C42H59NS4. The van der Waals surface area contributed by atoms with Crippen LogP contribution in [-0.4, -0.2) is 5.04 Å². The van der Waals surface area contributed by atoms with Crippen LogP contribution >= 0.6 is 47.0 Å². The highest BCUT2D eigenvalue weighted by atomic mass is 32.2. The fraction of sp³-hybridized carbons (Fsp3) is 0.571. The quantitative estimate of drug-likeness (QED) is 0.107. The van der Waals surface area contributed by atoms with E-state index in [1.165, 1.54) is 129 Å². The zero-order valence-corrected chi connectivity index (χ0v) is 34.0. The Morgan fingerprint density at radius 1 is 0.851 bits per heavy atom. The van der Waals surface area contributed by atoms with Gasteiger partial charge in [-0.15, -0.1) is 5.73 Å². The molecule has 4 rings (SSSR count). The fourth-order valence-electron chi connectivity index (χ4n) is 6.89. The molecule has 0 saturated carbocycles. The van der Waals surface area contributed by atoms with E-state index < -0.39 is 0 Å². The number of hydrogen-bond donors (Lipinski definition) is 1. The Hall–Kier alpha value is -1.23. The van der Waals surface area contributed by atoms with Gasteiger partial charge in [-0.1, -0.05) is 111 Å². The molecule has 1 N–H and O–H groups in total. The minimum absolute atomic E-state index is 0.180. The van der Waals surface area contributed by atoms with Crippen LogP contribution in [0, 0.1) is 19.3 Å². The first-order chi connectivity index (χ1) is 22.4. The molecule has 256 valence electrons. The molecule has 3 aliphatic rings. The van der Waals surface area contributed by atoms with Crippen molar-refractivity contribution in [2.75, 3.05) is 0 Å². The molecule has 0 radical (unpaired) electrons. The van der Waals surface area contributed by atoms with Crippen LogP contribution in [0.3, 0.4) is 0 Å². The van der Waals surface area contributed by atoms with E-state index in [0.717, 1.165) is 17.9 Å². The summed E-state index contributed by atoms with van der Waals surface area (Å²) in [5.74, 6) is 0.406. The van der Waals surface area contributed by atoms with Crippen LogP contribution in [0.2, 0.25) is 0 Å². The van der Waals surface area contributed by atoms with Crippen molar-refractivity contribution in [2.45, 2.75) is 167 Å². The Labute approximate surface area is 305 Å². The summed E-state index contributed by atoms with van der Waals surface area (Å²) in [6.07, 6.45) is 18.1. The summed E-state index contributed by atoms with van der Waals surface area (Å²) in [5.41, 5.74) is 13.8. The van der Waals surface area contributed by atoms with Gasteiger partial charge in [0.15, 0.2) is 0 Å². The predicted octanol–water partition coefficient (Wildman–Crippen LogP) is 15.7. The smallest absolute Gasteiger partial charge is 0.0689 e. The summed E-state index contributed by atoms with van der Waals surface area (Å²) in [5, 5.41) is 9.78. The first-order valence-corrected chi connectivity index (χ1v) is 21.4. The van der Waals surface area contributed by atoms with Gasteiger partial charge in [-0.05, 0) is 153 Å². The molecule has 47 heavy (non-hydrogen) atoms.